The van der Waals surface area contributed by atoms with Crippen molar-refractivity contribution in [3.8, 4) is 0 Å². The lowest BCUT2D eigenvalue weighted by Crippen LogP contribution is -2.33. The zero-order valence-electron chi connectivity index (χ0n) is 8.29. The lowest BCUT2D eigenvalue weighted by Gasteiger charge is -2.32. The highest BCUT2D eigenvalue weighted by Gasteiger charge is 2.42. The van der Waals surface area contributed by atoms with Crippen LogP contribution in [0.25, 0.3) is 0 Å². The van der Waals surface area contributed by atoms with Gasteiger partial charge in [-0.2, -0.15) is 0 Å². The highest BCUT2D eigenvalue weighted by molar-refractivity contribution is 5.59. The van der Waals surface area contributed by atoms with Crippen molar-refractivity contribution in [2.75, 3.05) is 13.2 Å². The molecule has 2 rings (SSSR count). The van der Waals surface area contributed by atoms with E-state index in [1.54, 1.807) is 0 Å². The van der Waals surface area contributed by atoms with Crippen molar-refractivity contribution in [1.29, 1.82) is 0 Å². The second-order valence-corrected chi connectivity index (χ2v) is 4.81. The number of hydrogen-bond donors (Lipinski definition) is 0. The van der Waals surface area contributed by atoms with Crippen molar-refractivity contribution in [2.24, 2.45) is 17.3 Å². The first-order valence-electron chi connectivity index (χ1n) is 5.30. The fraction of sp³-hybridized carbons (Fsp3) is 0.909. The third-order valence-corrected chi connectivity index (χ3v) is 3.55. The maximum absolute atomic E-state index is 11.1. The number of carbonyl (C=O) groups is 1. The molecule has 1 saturated carbocycles. The van der Waals surface area contributed by atoms with Crippen LogP contribution in [0.1, 0.15) is 32.6 Å². The molecule has 1 heterocycles. The van der Waals surface area contributed by atoms with Gasteiger partial charge in [0.1, 0.15) is 6.29 Å². The summed E-state index contributed by atoms with van der Waals surface area (Å²) in [5.41, 5.74) is -0.117. The van der Waals surface area contributed by atoms with E-state index in [0.29, 0.717) is 6.61 Å². The van der Waals surface area contributed by atoms with Gasteiger partial charge in [-0.1, -0.05) is 6.92 Å². The smallest absolute Gasteiger partial charge is 0.128 e. The van der Waals surface area contributed by atoms with Gasteiger partial charge in [0.25, 0.3) is 0 Å². The van der Waals surface area contributed by atoms with Gasteiger partial charge in [0.05, 0.1) is 6.61 Å². The summed E-state index contributed by atoms with van der Waals surface area (Å²) in [6.07, 6.45) is 5.63. The third-order valence-electron chi connectivity index (χ3n) is 3.55. The summed E-state index contributed by atoms with van der Waals surface area (Å²) >= 11 is 0. The Morgan fingerprint density at radius 3 is 2.85 bits per heavy atom. The van der Waals surface area contributed by atoms with Crippen molar-refractivity contribution >= 4 is 6.29 Å². The minimum Gasteiger partial charge on any atom is -0.380 e. The van der Waals surface area contributed by atoms with Gasteiger partial charge in [0.2, 0.25) is 0 Å². The summed E-state index contributed by atoms with van der Waals surface area (Å²) in [6, 6.07) is 0. The molecule has 2 nitrogen and oxygen atoms in total. The highest BCUT2D eigenvalue weighted by atomic mass is 16.5. The summed E-state index contributed by atoms with van der Waals surface area (Å²) in [4.78, 5) is 11.1. The molecule has 3 atom stereocenters. The van der Waals surface area contributed by atoms with Gasteiger partial charge < -0.3 is 9.53 Å². The summed E-state index contributed by atoms with van der Waals surface area (Å²) in [6.45, 7) is 3.78. The van der Waals surface area contributed by atoms with Crippen molar-refractivity contribution in [3.63, 3.8) is 0 Å². The first-order chi connectivity index (χ1) is 6.26. The molecule has 0 aromatic rings. The Labute approximate surface area is 79.7 Å². The Morgan fingerprint density at radius 1 is 1.62 bits per heavy atom. The van der Waals surface area contributed by atoms with Crippen LogP contribution in [-0.4, -0.2) is 19.5 Å². The normalized spacial score (nSPS) is 44.4. The molecule has 0 aromatic carbocycles. The van der Waals surface area contributed by atoms with Gasteiger partial charge in [-0.05, 0) is 37.5 Å². The molecule has 0 aromatic heterocycles. The predicted molar refractivity (Wildman–Crippen MR) is 50.4 cm³/mol. The Kier molecular flexibility index (Phi) is 2.41. The lowest BCUT2D eigenvalue weighted by atomic mass is 9.79. The fourth-order valence-corrected chi connectivity index (χ4v) is 2.38. The molecule has 0 amide bonds. The number of hydrogen-bond acceptors (Lipinski definition) is 2. The molecule has 3 unspecified atom stereocenters. The van der Waals surface area contributed by atoms with E-state index >= 15 is 0 Å². The van der Waals surface area contributed by atoms with Crippen molar-refractivity contribution in [3.05, 3.63) is 0 Å². The van der Waals surface area contributed by atoms with E-state index in [-0.39, 0.29) is 5.41 Å². The zero-order valence-corrected chi connectivity index (χ0v) is 8.29. The second-order valence-electron chi connectivity index (χ2n) is 4.81. The van der Waals surface area contributed by atoms with E-state index in [2.05, 4.69) is 6.92 Å². The average Bonchev–Trinajstić information content (AvgIpc) is 2.83. The number of aldehydes is 1. The molecule has 0 radical (unpaired) electrons. The molecule has 0 spiro atoms. The van der Waals surface area contributed by atoms with Crippen LogP contribution in [0.4, 0.5) is 0 Å². The monoisotopic (exact) mass is 182 g/mol. The van der Waals surface area contributed by atoms with Gasteiger partial charge in [0.15, 0.2) is 0 Å². The first-order valence-corrected chi connectivity index (χ1v) is 5.30. The van der Waals surface area contributed by atoms with Crippen LogP contribution in [-0.2, 0) is 9.53 Å². The van der Waals surface area contributed by atoms with Crippen LogP contribution < -0.4 is 0 Å². The molecule has 74 valence electrons. The van der Waals surface area contributed by atoms with Gasteiger partial charge in [0, 0.05) is 12.0 Å². The maximum Gasteiger partial charge on any atom is 0.128 e. The molecule has 0 N–H and O–H groups in total. The Morgan fingerprint density at radius 2 is 2.38 bits per heavy atom. The molecule has 2 fully saturated rings. The summed E-state index contributed by atoms with van der Waals surface area (Å²) < 4.78 is 5.41. The van der Waals surface area contributed by atoms with E-state index in [4.69, 9.17) is 4.74 Å². The van der Waals surface area contributed by atoms with E-state index in [0.717, 1.165) is 44.0 Å². The lowest BCUT2D eigenvalue weighted by molar-refractivity contribution is -0.124. The van der Waals surface area contributed by atoms with Crippen LogP contribution in [0.15, 0.2) is 0 Å². The number of rotatable bonds is 3. The molecule has 2 aliphatic rings. The van der Waals surface area contributed by atoms with E-state index in [1.807, 2.05) is 0 Å². The fourth-order valence-electron chi connectivity index (χ4n) is 2.38. The first kappa shape index (κ1) is 9.20. The average molecular weight is 182 g/mol. The molecule has 1 aliphatic heterocycles. The summed E-state index contributed by atoms with van der Waals surface area (Å²) in [7, 11) is 0. The Bertz CT molecular complexity index is 194. The van der Waals surface area contributed by atoms with Gasteiger partial charge in [-0.3, -0.25) is 0 Å². The van der Waals surface area contributed by atoms with Gasteiger partial charge >= 0.3 is 0 Å². The minimum atomic E-state index is -0.117. The maximum atomic E-state index is 11.1. The quantitative estimate of drug-likeness (QED) is 0.624. The predicted octanol–water partition coefficient (Wildman–Crippen LogP) is 2.03. The summed E-state index contributed by atoms with van der Waals surface area (Å²) in [5, 5.41) is 0. The van der Waals surface area contributed by atoms with E-state index < -0.39 is 0 Å². The van der Waals surface area contributed by atoms with Crippen molar-refractivity contribution in [2.45, 2.75) is 32.6 Å². The van der Waals surface area contributed by atoms with Gasteiger partial charge in [-0.25, -0.2) is 0 Å². The number of ether oxygens (including phenoxy) is 1. The van der Waals surface area contributed by atoms with Crippen LogP contribution in [0.3, 0.4) is 0 Å². The molecule has 1 aliphatic carbocycles. The zero-order chi connectivity index (χ0) is 9.31. The molecular weight excluding hydrogens is 164 g/mol. The summed E-state index contributed by atoms with van der Waals surface area (Å²) in [5.74, 6) is 1.64. The molecular formula is C11H18O2. The van der Waals surface area contributed by atoms with E-state index in [1.165, 1.54) is 6.42 Å². The van der Waals surface area contributed by atoms with E-state index in [9.17, 15) is 4.79 Å². The third kappa shape index (κ3) is 1.93. The van der Waals surface area contributed by atoms with Crippen molar-refractivity contribution in [1.82, 2.24) is 0 Å². The molecule has 1 saturated heterocycles. The standard InChI is InChI=1S/C11H18O2/c1-9-5-10(9)6-11(7-12)3-2-4-13-8-11/h7,9-10H,2-6,8H2,1H3. The highest BCUT2D eigenvalue weighted by Crippen LogP contribution is 2.47. The number of carbonyl (C=O) groups excluding carboxylic acids is 1. The van der Waals surface area contributed by atoms with Crippen LogP contribution in [0, 0.1) is 17.3 Å². The topological polar surface area (TPSA) is 26.3 Å². The Hall–Kier alpha value is -0.370. The van der Waals surface area contributed by atoms with Crippen LogP contribution in [0.2, 0.25) is 0 Å². The molecule has 13 heavy (non-hydrogen) atoms. The SMILES string of the molecule is CC1CC1CC1(C=O)CCCOC1. The second kappa shape index (κ2) is 3.41. The molecule has 0 bridgehead atoms. The Balaban J connectivity index is 1.93. The molecule has 2 heteroatoms. The van der Waals surface area contributed by atoms with Crippen LogP contribution in [0.5, 0.6) is 0 Å². The largest absolute Gasteiger partial charge is 0.380 e. The van der Waals surface area contributed by atoms with Crippen molar-refractivity contribution < 1.29 is 9.53 Å². The minimum absolute atomic E-state index is 0.117. The van der Waals surface area contributed by atoms with Crippen LogP contribution >= 0.6 is 0 Å². The van der Waals surface area contributed by atoms with Gasteiger partial charge in [-0.15, -0.1) is 0 Å².